The molecule has 4 nitrogen and oxygen atoms in total. The maximum absolute atomic E-state index is 9.60. The van der Waals surface area contributed by atoms with Crippen LogP contribution in [0.1, 0.15) is 20.3 Å². The van der Waals surface area contributed by atoms with Crippen LogP contribution in [0.2, 0.25) is 0 Å². The quantitative estimate of drug-likeness (QED) is 0.541. The van der Waals surface area contributed by atoms with Gasteiger partial charge in [-0.2, -0.15) is 0 Å². The second-order valence-electron chi connectivity index (χ2n) is 2.38. The minimum Gasteiger partial charge on any atom is -0.478 e. The van der Waals surface area contributed by atoms with E-state index in [1.54, 1.807) is 0 Å². The summed E-state index contributed by atoms with van der Waals surface area (Å²) in [6.07, 6.45) is 0.473. The van der Waals surface area contributed by atoms with Gasteiger partial charge in [-0.3, -0.25) is 0 Å². The summed E-state index contributed by atoms with van der Waals surface area (Å²) in [6, 6.07) is 0. The lowest BCUT2D eigenvalue weighted by Crippen LogP contribution is -2.17. The van der Waals surface area contributed by atoms with Gasteiger partial charge in [0.05, 0.1) is 6.10 Å². The Balaban J connectivity index is 0. The molecule has 0 aliphatic carbocycles. The van der Waals surface area contributed by atoms with Crippen LogP contribution in [0.25, 0.3) is 0 Å². The number of rotatable bonds is 3. The summed E-state index contributed by atoms with van der Waals surface area (Å²) in [6.45, 7) is 6.89. The number of aliphatic hydroxyl groups is 1. The van der Waals surface area contributed by atoms with Crippen molar-refractivity contribution in [3.8, 4) is 0 Å². The molecule has 0 heterocycles. The van der Waals surface area contributed by atoms with Crippen LogP contribution in [0.15, 0.2) is 12.2 Å². The Hall–Kier alpha value is -0.870. The smallest absolute Gasteiger partial charge is 0.330 e. The van der Waals surface area contributed by atoms with E-state index < -0.39 is 5.97 Å². The molecule has 4 N–H and O–H groups in total. The molecule has 4 heteroatoms. The maximum atomic E-state index is 9.60. The van der Waals surface area contributed by atoms with E-state index in [4.69, 9.17) is 15.9 Å². The number of carboxylic acid groups (broad SMARTS) is 1. The van der Waals surface area contributed by atoms with Gasteiger partial charge in [0.2, 0.25) is 0 Å². The van der Waals surface area contributed by atoms with E-state index in [9.17, 15) is 4.79 Å². The van der Waals surface area contributed by atoms with E-state index in [0.717, 1.165) is 6.42 Å². The SMILES string of the molecule is C=C(C)C(=O)O.CCC(O)CN. The van der Waals surface area contributed by atoms with Crippen molar-refractivity contribution in [2.75, 3.05) is 6.54 Å². The second-order valence-corrected chi connectivity index (χ2v) is 2.38. The molecule has 0 spiro atoms. The molecule has 0 rings (SSSR count). The summed E-state index contributed by atoms with van der Waals surface area (Å²) < 4.78 is 0. The summed E-state index contributed by atoms with van der Waals surface area (Å²) in [5, 5.41) is 16.4. The Morgan fingerprint density at radius 1 is 1.67 bits per heavy atom. The van der Waals surface area contributed by atoms with Crippen molar-refractivity contribution in [3.63, 3.8) is 0 Å². The lowest BCUT2D eigenvalue weighted by Gasteiger charge is -1.98. The molecular weight excluding hydrogens is 158 g/mol. The van der Waals surface area contributed by atoms with E-state index in [-0.39, 0.29) is 11.7 Å². The van der Waals surface area contributed by atoms with Crippen molar-refractivity contribution in [2.24, 2.45) is 5.73 Å². The van der Waals surface area contributed by atoms with E-state index in [2.05, 4.69) is 6.58 Å². The summed E-state index contributed by atoms with van der Waals surface area (Å²) >= 11 is 0. The Labute approximate surface area is 72.7 Å². The zero-order valence-corrected chi connectivity index (χ0v) is 7.58. The highest BCUT2D eigenvalue weighted by Crippen LogP contribution is 1.82. The molecular formula is C8H17NO3. The van der Waals surface area contributed by atoms with Gasteiger partial charge in [0, 0.05) is 12.1 Å². The monoisotopic (exact) mass is 175 g/mol. The van der Waals surface area contributed by atoms with Crippen LogP contribution < -0.4 is 5.73 Å². The first-order valence-electron chi connectivity index (χ1n) is 3.72. The molecule has 0 fully saturated rings. The number of aliphatic carboxylic acids is 1. The molecule has 1 atom stereocenters. The molecule has 0 saturated carbocycles. The van der Waals surface area contributed by atoms with Crippen LogP contribution >= 0.6 is 0 Å². The first kappa shape index (κ1) is 13.7. The average molecular weight is 175 g/mol. The number of carboxylic acids is 1. The third-order valence-corrected chi connectivity index (χ3v) is 1.11. The van der Waals surface area contributed by atoms with Gasteiger partial charge in [0.25, 0.3) is 0 Å². The fraction of sp³-hybridized carbons (Fsp3) is 0.625. The van der Waals surface area contributed by atoms with E-state index in [1.807, 2.05) is 6.92 Å². The van der Waals surface area contributed by atoms with Crippen LogP contribution in [0.5, 0.6) is 0 Å². The van der Waals surface area contributed by atoms with Gasteiger partial charge in [-0.25, -0.2) is 4.79 Å². The standard InChI is InChI=1S/C4H11NO.C4H6O2/c1-2-4(6)3-5;1-3(2)4(5)6/h4,6H,2-3,5H2,1H3;1H2,2H3,(H,5,6). The minimum atomic E-state index is -0.935. The van der Waals surface area contributed by atoms with Gasteiger partial charge in [-0.15, -0.1) is 0 Å². The van der Waals surface area contributed by atoms with Crippen molar-refractivity contribution < 1.29 is 15.0 Å². The van der Waals surface area contributed by atoms with Gasteiger partial charge in [-0.05, 0) is 13.3 Å². The van der Waals surface area contributed by atoms with Crippen molar-refractivity contribution in [1.82, 2.24) is 0 Å². The van der Waals surface area contributed by atoms with Crippen LogP contribution in [-0.4, -0.2) is 28.8 Å². The van der Waals surface area contributed by atoms with Crippen LogP contribution in [0.4, 0.5) is 0 Å². The summed E-state index contributed by atoms with van der Waals surface area (Å²) in [4.78, 5) is 9.60. The van der Waals surface area contributed by atoms with Crippen LogP contribution in [-0.2, 0) is 4.79 Å². The second kappa shape index (κ2) is 8.23. The number of hydrogen-bond acceptors (Lipinski definition) is 3. The van der Waals surface area contributed by atoms with Gasteiger partial charge < -0.3 is 15.9 Å². The van der Waals surface area contributed by atoms with Crippen molar-refractivity contribution in [1.29, 1.82) is 0 Å². The third kappa shape index (κ3) is 11.9. The van der Waals surface area contributed by atoms with Crippen LogP contribution in [0, 0.1) is 0 Å². The van der Waals surface area contributed by atoms with E-state index in [1.165, 1.54) is 6.92 Å². The molecule has 0 aliphatic rings. The Morgan fingerprint density at radius 3 is 2.00 bits per heavy atom. The van der Waals surface area contributed by atoms with Gasteiger partial charge in [-0.1, -0.05) is 13.5 Å². The molecule has 0 aromatic carbocycles. The summed E-state index contributed by atoms with van der Waals surface area (Å²) in [5.41, 5.74) is 5.21. The zero-order chi connectivity index (χ0) is 10.1. The highest BCUT2D eigenvalue weighted by atomic mass is 16.4. The lowest BCUT2D eigenvalue weighted by molar-refractivity contribution is -0.132. The predicted molar refractivity (Wildman–Crippen MR) is 47.8 cm³/mol. The first-order valence-corrected chi connectivity index (χ1v) is 3.72. The molecule has 0 aromatic rings. The molecule has 0 bridgehead atoms. The summed E-state index contributed by atoms with van der Waals surface area (Å²) in [5.74, 6) is -0.935. The highest BCUT2D eigenvalue weighted by molar-refractivity contribution is 5.84. The molecule has 1 unspecified atom stereocenters. The van der Waals surface area contributed by atoms with Crippen molar-refractivity contribution in [3.05, 3.63) is 12.2 Å². The minimum absolute atomic E-state index is 0.176. The van der Waals surface area contributed by atoms with Gasteiger partial charge >= 0.3 is 5.97 Å². The Bertz CT molecular complexity index is 129. The Kier molecular flexibility index (Phi) is 9.40. The molecule has 12 heavy (non-hydrogen) atoms. The van der Waals surface area contributed by atoms with Crippen molar-refractivity contribution in [2.45, 2.75) is 26.4 Å². The molecule has 0 saturated heterocycles. The normalized spacial score (nSPS) is 11.0. The fourth-order valence-electron chi connectivity index (χ4n) is 0.167. The number of carbonyl (C=O) groups is 1. The Morgan fingerprint density at radius 2 is 2.00 bits per heavy atom. The largest absolute Gasteiger partial charge is 0.478 e. The number of aliphatic hydroxyl groups excluding tert-OH is 1. The molecule has 0 amide bonds. The third-order valence-electron chi connectivity index (χ3n) is 1.11. The fourth-order valence-corrected chi connectivity index (χ4v) is 0.167. The van der Waals surface area contributed by atoms with E-state index in [0.29, 0.717) is 6.54 Å². The number of nitrogens with two attached hydrogens (primary N) is 1. The first-order chi connectivity index (χ1) is 5.45. The zero-order valence-electron chi connectivity index (χ0n) is 7.58. The highest BCUT2D eigenvalue weighted by Gasteiger charge is 1.91. The molecule has 0 aliphatic heterocycles. The topological polar surface area (TPSA) is 83.5 Å². The maximum Gasteiger partial charge on any atom is 0.330 e. The lowest BCUT2D eigenvalue weighted by atomic mass is 10.3. The van der Waals surface area contributed by atoms with Crippen LogP contribution in [0.3, 0.4) is 0 Å². The number of hydrogen-bond donors (Lipinski definition) is 3. The average Bonchev–Trinajstić information content (AvgIpc) is 2.04. The van der Waals surface area contributed by atoms with E-state index >= 15 is 0 Å². The summed E-state index contributed by atoms with van der Waals surface area (Å²) in [7, 11) is 0. The van der Waals surface area contributed by atoms with Gasteiger partial charge in [0.1, 0.15) is 0 Å². The molecule has 0 aromatic heterocycles. The van der Waals surface area contributed by atoms with Crippen molar-refractivity contribution >= 4 is 5.97 Å². The predicted octanol–water partition coefficient (Wildman–Crippen LogP) is 0.363. The molecule has 0 radical (unpaired) electrons. The van der Waals surface area contributed by atoms with Gasteiger partial charge in [0.15, 0.2) is 0 Å². The molecule has 72 valence electrons.